The maximum absolute atomic E-state index is 5.92. The summed E-state index contributed by atoms with van der Waals surface area (Å²) in [6, 6.07) is 9.07. The minimum absolute atomic E-state index is 0.705. The van der Waals surface area contributed by atoms with Gasteiger partial charge in [0.2, 0.25) is 0 Å². The van der Waals surface area contributed by atoms with Gasteiger partial charge in [0.1, 0.15) is 12.4 Å². The summed E-state index contributed by atoms with van der Waals surface area (Å²) in [7, 11) is 1.97. The van der Waals surface area contributed by atoms with E-state index in [9.17, 15) is 0 Å². The molecule has 0 aromatic heterocycles. The fraction of sp³-hybridized carbons (Fsp3) is 0.647. The topological polar surface area (TPSA) is 24.5 Å². The summed E-state index contributed by atoms with van der Waals surface area (Å²) in [6.07, 6.45) is 5.43. The van der Waals surface area contributed by atoms with E-state index in [0.29, 0.717) is 6.04 Å². The van der Waals surface area contributed by atoms with E-state index in [-0.39, 0.29) is 0 Å². The summed E-state index contributed by atoms with van der Waals surface area (Å²) in [5, 5.41) is 3.17. The molecule has 1 N–H and O–H groups in total. The van der Waals surface area contributed by atoms with Crippen LogP contribution in [-0.4, -0.2) is 37.7 Å². The SMILES string of the molecule is CNCc1cccc(OCCN2CCCCCC2C)c1. The van der Waals surface area contributed by atoms with Crippen molar-refractivity contribution in [1.82, 2.24) is 10.2 Å². The zero-order chi connectivity index (χ0) is 14.2. The molecule has 1 unspecified atom stereocenters. The van der Waals surface area contributed by atoms with Crippen LogP contribution < -0.4 is 10.1 Å². The van der Waals surface area contributed by atoms with Gasteiger partial charge in [-0.05, 0) is 51.1 Å². The molecule has 20 heavy (non-hydrogen) atoms. The number of benzene rings is 1. The molecule has 1 saturated heterocycles. The Kier molecular flexibility index (Phi) is 6.34. The van der Waals surface area contributed by atoms with Gasteiger partial charge in [-0.3, -0.25) is 4.90 Å². The van der Waals surface area contributed by atoms with Gasteiger partial charge in [-0.15, -0.1) is 0 Å². The van der Waals surface area contributed by atoms with Crippen molar-refractivity contribution in [2.75, 3.05) is 26.7 Å². The number of nitrogens with one attached hydrogen (secondary N) is 1. The van der Waals surface area contributed by atoms with Crippen molar-refractivity contribution < 1.29 is 4.74 Å². The van der Waals surface area contributed by atoms with E-state index < -0.39 is 0 Å². The molecule has 0 radical (unpaired) electrons. The molecule has 2 rings (SSSR count). The number of ether oxygens (including phenoxy) is 1. The Hall–Kier alpha value is -1.06. The molecule has 1 heterocycles. The maximum atomic E-state index is 5.92. The molecule has 1 atom stereocenters. The van der Waals surface area contributed by atoms with E-state index in [1.54, 1.807) is 0 Å². The standard InChI is InChI=1S/C17H28N2O/c1-15-7-4-3-5-10-19(15)11-12-20-17-9-6-8-16(13-17)14-18-2/h6,8-9,13,15,18H,3-5,7,10-12,14H2,1-2H3. The number of hydrogen-bond acceptors (Lipinski definition) is 3. The van der Waals surface area contributed by atoms with E-state index in [0.717, 1.165) is 25.4 Å². The Balaban J connectivity index is 1.78. The molecule has 1 aromatic carbocycles. The van der Waals surface area contributed by atoms with Crippen molar-refractivity contribution in [2.24, 2.45) is 0 Å². The molecule has 0 saturated carbocycles. The normalized spacial score (nSPS) is 20.6. The van der Waals surface area contributed by atoms with E-state index in [1.807, 2.05) is 13.1 Å². The Morgan fingerprint density at radius 2 is 2.20 bits per heavy atom. The fourth-order valence-corrected chi connectivity index (χ4v) is 2.90. The van der Waals surface area contributed by atoms with Gasteiger partial charge in [-0.2, -0.15) is 0 Å². The molecule has 0 spiro atoms. The number of hydrogen-bond donors (Lipinski definition) is 1. The smallest absolute Gasteiger partial charge is 0.119 e. The van der Waals surface area contributed by atoms with Crippen LogP contribution in [0.4, 0.5) is 0 Å². The molecule has 1 aliphatic heterocycles. The van der Waals surface area contributed by atoms with Gasteiger partial charge in [-0.1, -0.05) is 25.0 Å². The molecular formula is C17H28N2O. The third-order valence-corrected chi connectivity index (χ3v) is 4.12. The molecule has 3 heteroatoms. The minimum Gasteiger partial charge on any atom is -0.492 e. The maximum Gasteiger partial charge on any atom is 0.119 e. The zero-order valence-electron chi connectivity index (χ0n) is 12.9. The molecule has 112 valence electrons. The van der Waals surface area contributed by atoms with Gasteiger partial charge < -0.3 is 10.1 Å². The first-order valence-corrected chi connectivity index (χ1v) is 7.90. The van der Waals surface area contributed by atoms with Gasteiger partial charge >= 0.3 is 0 Å². The minimum atomic E-state index is 0.705. The second-order valence-electron chi connectivity index (χ2n) is 5.76. The van der Waals surface area contributed by atoms with Crippen LogP contribution in [-0.2, 0) is 6.54 Å². The van der Waals surface area contributed by atoms with Crippen LogP contribution in [0.5, 0.6) is 5.75 Å². The van der Waals surface area contributed by atoms with Crippen molar-refractivity contribution >= 4 is 0 Å². The Morgan fingerprint density at radius 1 is 1.30 bits per heavy atom. The number of likely N-dealkylation sites (tertiary alicyclic amines) is 1. The van der Waals surface area contributed by atoms with Crippen molar-refractivity contribution in [3.8, 4) is 5.75 Å². The van der Waals surface area contributed by atoms with Gasteiger partial charge in [0.25, 0.3) is 0 Å². The molecular weight excluding hydrogens is 248 g/mol. The van der Waals surface area contributed by atoms with Crippen LogP contribution in [0.2, 0.25) is 0 Å². The summed E-state index contributed by atoms with van der Waals surface area (Å²) in [6.45, 7) is 6.29. The third kappa shape index (κ3) is 4.80. The van der Waals surface area contributed by atoms with E-state index in [2.05, 4.69) is 35.3 Å². The summed E-state index contributed by atoms with van der Waals surface area (Å²) in [5.74, 6) is 0.986. The second kappa shape index (κ2) is 8.28. The molecule has 0 amide bonds. The molecule has 0 aliphatic carbocycles. The Labute approximate surface area is 123 Å². The average Bonchev–Trinajstić information content (AvgIpc) is 2.65. The highest BCUT2D eigenvalue weighted by Gasteiger charge is 2.16. The van der Waals surface area contributed by atoms with Crippen molar-refractivity contribution in [1.29, 1.82) is 0 Å². The quantitative estimate of drug-likeness (QED) is 0.864. The van der Waals surface area contributed by atoms with E-state index in [4.69, 9.17) is 4.74 Å². The van der Waals surface area contributed by atoms with Crippen molar-refractivity contribution in [3.63, 3.8) is 0 Å². The number of rotatable bonds is 6. The molecule has 1 aromatic rings. The molecule has 3 nitrogen and oxygen atoms in total. The summed E-state index contributed by atoms with van der Waals surface area (Å²) in [5.41, 5.74) is 1.27. The van der Waals surface area contributed by atoms with Crippen LogP contribution >= 0.6 is 0 Å². The Morgan fingerprint density at radius 3 is 3.05 bits per heavy atom. The predicted molar refractivity (Wildman–Crippen MR) is 84.2 cm³/mol. The van der Waals surface area contributed by atoms with Crippen molar-refractivity contribution in [3.05, 3.63) is 29.8 Å². The van der Waals surface area contributed by atoms with Crippen LogP contribution in [0.15, 0.2) is 24.3 Å². The van der Waals surface area contributed by atoms with E-state index in [1.165, 1.54) is 37.8 Å². The first-order chi connectivity index (χ1) is 9.79. The first-order valence-electron chi connectivity index (χ1n) is 7.90. The monoisotopic (exact) mass is 276 g/mol. The summed E-state index contributed by atoms with van der Waals surface area (Å²) in [4.78, 5) is 2.57. The van der Waals surface area contributed by atoms with Gasteiger partial charge in [-0.25, -0.2) is 0 Å². The third-order valence-electron chi connectivity index (χ3n) is 4.12. The lowest BCUT2D eigenvalue weighted by atomic mass is 10.1. The zero-order valence-corrected chi connectivity index (χ0v) is 12.9. The van der Waals surface area contributed by atoms with Gasteiger partial charge in [0.15, 0.2) is 0 Å². The van der Waals surface area contributed by atoms with Crippen LogP contribution in [0.1, 0.15) is 38.2 Å². The Bertz CT molecular complexity index is 394. The van der Waals surface area contributed by atoms with Crippen LogP contribution in [0, 0.1) is 0 Å². The second-order valence-corrected chi connectivity index (χ2v) is 5.76. The lowest BCUT2D eigenvalue weighted by Gasteiger charge is -2.26. The largest absolute Gasteiger partial charge is 0.492 e. The average molecular weight is 276 g/mol. The molecule has 0 bridgehead atoms. The number of nitrogens with zero attached hydrogens (tertiary/aromatic N) is 1. The molecule has 1 fully saturated rings. The van der Waals surface area contributed by atoms with Crippen LogP contribution in [0.3, 0.4) is 0 Å². The van der Waals surface area contributed by atoms with Gasteiger partial charge in [0, 0.05) is 19.1 Å². The lowest BCUT2D eigenvalue weighted by molar-refractivity contribution is 0.170. The van der Waals surface area contributed by atoms with Crippen molar-refractivity contribution in [2.45, 2.75) is 45.2 Å². The summed E-state index contributed by atoms with van der Waals surface area (Å²) >= 11 is 0. The first kappa shape index (κ1) is 15.3. The molecule has 1 aliphatic rings. The summed E-state index contributed by atoms with van der Waals surface area (Å²) < 4.78 is 5.92. The highest BCUT2D eigenvalue weighted by Crippen LogP contribution is 2.17. The highest BCUT2D eigenvalue weighted by molar-refractivity contribution is 5.28. The lowest BCUT2D eigenvalue weighted by Crippen LogP contribution is -2.35. The fourth-order valence-electron chi connectivity index (χ4n) is 2.90. The predicted octanol–water partition coefficient (Wildman–Crippen LogP) is 3.05. The van der Waals surface area contributed by atoms with E-state index >= 15 is 0 Å². The highest BCUT2D eigenvalue weighted by atomic mass is 16.5. The van der Waals surface area contributed by atoms with Gasteiger partial charge in [0.05, 0.1) is 0 Å². The van der Waals surface area contributed by atoms with Crippen LogP contribution in [0.25, 0.3) is 0 Å².